The molecular weight excluding hydrogens is 482 g/mol. The van der Waals surface area contributed by atoms with Crippen LogP contribution in [0, 0.1) is 26.2 Å². The Balaban J connectivity index is 1.63. The van der Waals surface area contributed by atoms with Gasteiger partial charge >= 0.3 is 0 Å². The van der Waals surface area contributed by atoms with Gasteiger partial charge in [-0.15, -0.1) is 0 Å². The van der Waals surface area contributed by atoms with Gasteiger partial charge in [-0.25, -0.2) is 13.1 Å². The third-order valence-corrected chi connectivity index (χ3v) is 8.18. The van der Waals surface area contributed by atoms with Crippen LogP contribution in [0.3, 0.4) is 0 Å². The lowest BCUT2D eigenvalue weighted by Crippen LogP contribution is -2.48. The summed E-state index contributed by atoms with van der Waals surface area (Å²) in [6.07, 6.45) is 1.16. The summed E-state index contributed by atoms with van der Waals surface area (Å²) in [5.41, 5.74) is 8.67. The molecule has 10 nitrogen and oxygen atoms in total. The van der Waals surface area contributed by atoms with Crippen LogP contribution in [-0.4, -0.2) is 57.2 Å². The van der Waals surface area contributed by atoms with Crippen LogP contribution in [0.1, 0.15) is 40.7 Å². The van der Waals surface area contributed by atoms with Gasteiger partial charge in [-0.1, -0.05) is 24.3 Å². The molecule has 1 saturated heterocycles. The van der Waals surface area contributed by atoms with Crippen molar-refractivity contribution in [3.8, 4) is 5.75 Å². The number of hydrogen-bond donors (Lipinski definition) is 4. The Morgan fingerprint density at radius 2 is 1.83 bits per heavy atom. The predicted molar refractivity (Wildman–Crippen MR) is 136 cm³/mol. The predicted octanol–water partition coefficient (Wildman–Crippen LogP) is 1.49. The van der Waals surface area contributed by atoms with Crippen LogP contribution in [0.25, 0.3) is 0 Å². The van der Waals surface area contributed by atoms with Crippen molar-refractivity contribution in [1.29, 1.82) is 5.41 Å². The number of carbonyl (C=O) groups is 2. The first-order chi connectivity index (χ1) is 17.0. The van der Waals surface area contributed by atoms with Gasteiger partial charge in [-0.2, -0.15) is 0 Å². The summed E-state index contributed by atoms with van der Waals surface area (Å²) in [6, 6.07) is 7.95. The lowest BCUT2D eigenvalue weighted by molar-refractivity contribution is -0.137. The van der Waals surface area contributed by atoms with Crippen molar-refractivity contribution < 1.29 is 22.7 Å². The van der Waals surface area contributed by atoms with Crippen molar-refractivity contribution in [2.45, 2.75) is 51.1 Å². The third kappa shape index (κ3) is 5.85. The number of amidine groups is 1. The van der Waals surface area contributed by atoms with E-state index < -0.39 is 28.5 Å². The summed E-state index contributed by atoms with van der Waals surface area (Å²) in [7, 11) is -2.44. The highest BCUT2D eigenvalue weighted by molar-refractivity contribution is 7.89. The van der Waals surface area contributed by atoms with Crippen molar-refractivity contribution in [3.05, 3.63) is 58.1 Å². The first-order valence-corrected chi connectivity index (χ1v) is 13.1. The van der Waals surface area contributed by atoms with Crippen LogP contribution in [0.5, 0.6) is 5.75 Å². The molecule has 0 aliphatic carbocycles. The molecule has 194 valence electrons. The highest BCUT2D eigenvalue weighted by atomic mass is 32.2. The number of ether oxygens (including phenoxy) is 1. The van der Waals surface area contributed by atoms with Crippen molar-refractivity contribution in [2.24, 2.45) is 5.73 Å². The number of nitrogens with zero attached hydrogens (tertiary/aromatic N) is 1. The zero-order valence-electron chi connectivity index (χ0n) is 21.0. The van der Waals surface area contributed by atoms with E-state index in [4.69, 9.17) is 15.9 Å². The minimum atomic E-state index is -3.97. The number of aryl methyl sites for hydroxylation is 1. The number of hydrogen-bond acceptors (Lipinski definition) is 6. The third-order valence-electron chi connectivity index (χ3n) is 6.49. The van der Waals surface area contributed by atoms with Crippen LogP contribution in [0.15, 0.2) is 35.2 Å². The van der Waals surface area contributed by atoms with Gasteiger partial charge in [0.1, 0.15) is 17.6 Å². The number of nitrogens with two attached hydrogens (primary N) is 1. The summed E-state index contributed by atoms with van der Waals surface area (Å²) < 4.78 is 33.8. The number of likely N-dealkylation sites (tertiary alicyclic amines) is 1. The SMILES string of the molecule is COc1cc(C)c(S(=O)(=O)NCC(=O)N2CCC[C@H]2C(=O)NCc2ccc(C(=N)N)cc2)c(C)c1C. The maximum atomic E-state index is 13.1. The minimum Gasteiger partial charge on any atom is -0.496 e. The summed E-state index contributed by atoms with van der Waals surface area (Å²) in [4.78, 5) is 27.3. The topological polar surface area (TPSA) is 155 Å². The molecule has 1 fully saturated rings. The number of amides is 2. The standard InChI is InChI=1S/C25H33N5O5S/c1-15-12-21(35-4)16(2)17(3)23(15)36(33,34)29-14-22(31)30-11-5-6-20(30)25(32)28-13-18-7-9-19(10-8-18)24(26)27/h7-10,12,20,29H,5-6,11,13-14H2,1-4H3,(H3,26,27)(H,28,32)/t20-/m0/s1. The first kappa shape index (κ1) is 27.2. The molecular formula is C25H33N5O5S. The van der Waals surface area contributed by atoms with Crippen molar-refractivity contribution in [1.82, 2.24) is 14.9 Å². The highest BCUT2D eigenvalue weighted by Gasteiger charge is 2.34. The molecule has 0 radical (unpaired) electrons. The molecule has 1 aliphatic heterocycles. The molecule has 5 N–H and O–H groups in total. The van der Waals surface area contributed by atoms with Gasteiger partial charge in [0.2, 0.25) is 21.8 Å². The molecule has 1 aliphatic rings. The fourth-order valence-corrected chi connectivity index (χ4v) is 5.92. The molecule has 3 rings (SSSR count). The molecule has 1 atom stereocenters. The van der Waals surface area contributed by atoms with Crippen molar-refractivity contribution >= 4 is 27.7 Å². The van der Waals surface area contributed by atoms with E-state index in [1.165, 1.54) is 12.0 Å². The molecule has 2 aromatic carbocycles. The fraction of sp³-hybridized carbons (Fsp3) is 0.400. The van der Waals surface area contributed by atoms with E-state index >= 15 is 0 Å². The van der Waals surface area contributed by atoms with E-state index in [1.54, 1.807) is 51.1 Å². The Hall–Kier alpha value is -3.44. The van der Waals surface area contributed by atoms with Gasteiger partial charge < -0.3 is 20.7 Å². The molecule has 0 aromatic heterocycles. The monoisotopic (exact) mass is 515 g/mol. The van der Waals surface area contributed by atoms with Crippen LogP contribution < -0.4 is 20.5 Å². The molecule has 2 amide bonds. The average Bonchev–Trinajstić information content (AvgIpc) is 3.33. The van der Waals surface area contributed by atoms with E-state index in [-0.39, 0.29) is 23.2 Å². The van der Waals surface area contributed by atoms with Gasteiger partial charge in [0.25, 0.3) is 0 Å². The first-order valence-electron chi connectivity index (χ1n) is 11.6. The van der Waals surface area contributed by atoms with Gasteiger partial charge in [0, 0.05) is 18.7 Å². The van der Waals surface area contributed by atoms with Crippen LogP contribution in [-0.2, 0) is 26.2 Å². The maximum absolute atomic E-state index is 13.1. The van der Waals surface area contributed by atoms with Crippen molar-refractivity contribution in [3.63, 3.8) is 0 Å². The van der Waals surface area contributed by atoms with Gasteiger partial charge in [0.15, 0.2) is 0 Å². The van der Waals surface area contributed by atoms with E-state index in [9.17, 15) is 18.0 Å². The van der Waals surface area contributed by atoms with Crippen LogP contribution >= 0.6 is 0 Å². The Morgan fingerprint density at radius 1 is 1.17 bits per heavy atom. The molecule has 11 heteroatoms. The molecule has 1 heterocycles. The summed E-state index contributed by atoms with van der Waals surface area (Å²) >= 11 is 0. The fourth-order valence-electron chi connectivity index (χ4n) is 4.42. The highest BCUT2D eigenvalue weighted by Crippen LogP contribution is 2.30. The van der Waals surface area contributed by atoms with Gasteiger partial charge in [-0.05, 0) is 61.9 Å². The van der Waals surface area contributed by atoms with Gasteiger partial charge in [-0.3, -0.25) is 15.0 Å². The van der Waals surface area contributed by atoms with E-state index in [2.05, 4.69) is 10.0 Å². The lowest BCUT2D eigenvalue weighted by atomic mass is 10.1. The number of rotatable bonds is 9. The number of nitrogens with one attached hydrogen (secondary N) is 3. The molecule has 0 saturated carbocycles. The Morgan fingerprint density at radius 3 is 2.44 bits per heavy atom. The number of sulfonamides is 1. The number of methoxy groups -OCH3 is 1. The zero-order valence-corrected chi connectivity index (χ0v) is 21.8. The quantitative estimate of drug-likeness (QED) is 0.293. The molecule has 2 aromatic rings. The summed E-state index contributed by atoms with van der Waals surface area (Å²) in [5, 5.41) is 10.3. The maximum Gasteiger partial charge on any atom is 0.243 e. The van der Waals surface area contributed by atoms with E-state index in [0.717, 1.165) is 5.56 Å². The number of carbonyl (C=O) groups excluding carboxylic acids is 2. The van der Waals surface area contributed by atoms with Crippen LogP contribution in [0.4, 0.5) is 0 Å². The average molecular weight is 516 g/mol. The molecule has 0 bridgehead atoms. The van der Waals surface area contributed by atoms with Gasteiger partial charge in [0.05, 0.1) is 18.6 Å². The molecule has 36 heavy (non-hydrogen) atoms. The molecule has 0 unspecified atom stereocenters. The number of benzene rings is 2. The Labute approximate surface area is 211 Å². The number of nitrogen functional groups attached to an aromatic ring is 1. The van der Waals surface area contributed by atoms with Crippen LogP contribution in [0.2, 0.25) is 0 Å². The van der Waals surface area contributed by atoms with E-state index in [0.29, 0.717) is 47.4 Å². The summed E-state index contributed by atoms with van der Waals surface area (Å²) in [6.45, 7) is 5.37. The Bertz CT molecular complexity index is 1270. The second-order valence-corrected chi connectivity index (χ2v) is 10.6. The Kier molecular flexibility index (Phi) is 8.36. The zero-order chi connectivity index (χ0) is 26.6. The van der Waals surface area contributed by atoms with Crippen molar-refractivity contribution in [2.75, 3.05) is 20.2 Å². The van der Waals surface area contributed by atoms with E-state index in [1.807, 2.05) is 0 Å². The second-order valence-electron chi connectivity index (χ2n) is 8.87. The molecule has 0 spiro atoms. The lowest BCUT2D eigenvalue weighted by Gasteiger charge is -2.24. The smallest absolute Gasteiger partial charge is 0.243 e. The minimum absolute atomic E-state index is 0.0336. The summed E-state index contributed by atoms with van der Waals surface area (Å²) in [5.74, 6) is -0.186. The normalized spacial score (nSPS) is 15.6. The second kappa shape index (κ2) is 11.1. The largest absolute Gasteiger partial charge is 0.496 e.